The molecule has 120 valence electrons. The fourth-order valence-electron chi connectivity index (χ4n) is 2.50. The summed E-state index contributed by atoms with van der Waals surface area (Å²) in [6.07, 6.45) is 19.0. The second-order valence-electron chi connectivity index (χ2n) is 5.80. The summed E-state index contributed by atoms with van der Waals surface area (Å²) in [5, 5.41) is 0. The first-order valence-corrected chi connectivity index (χ1v) is 8.93. The van der Waals surface area contributed by atoms with Gasteiger partial charge in [-0.25, -0.2) is 0 Å². The Balaban J connectivity index is 2.97. The highest BCUT2D eigenvalue weighted by Gasteiger charge is 2.00. The van der Waals surface area contributed by atoms with Gasteiger partial charge in [0, 0.05) is 6.42 Å². The molecule has 0 rings (SSSR count). The third-order valence-corrected chi connectivity index (χ3v) is 3.99. The van der Waals surface area contributed by atoms with E-state index in [0.717, 1.165) is 12.8 Å². The molecule has 3 heteroatoms. The lowest BCUT2D eigenvalue weighted by Gasteiger charge is -2.03. The predicted molar refractivity (Wildman–Crippen MR) is 86.9 cm³/mol. The van der Waals surface area contributed by atoms with E-state index in [1.54, 1.807) is 0 Å². The topological polar surface area (TPSA) is 26.3 Å². The number of carbonyl (C=O) groups is 1. The average Bonchev–Trinajstić information content (AvgIpc) is 2.47. The van der Waals surface area contributed by atoms with Gasteiger partial charge in [-0.15, -0.1) is 0 Å². The zero-order chi connectivity index (χ0) is 14.9. The van der Waals surface area contributed by atoms with Crippen molar-refractivity contribution in [3.63, 3.8) is 0 Å². The van der Waals surface area contributed by atoms with Gasteiger partial charge in [0.2, 0.25) is 0 Å². The van der Waals surface area contributed by atoms with Crippen LogP contribution in [0.25, 0.3) is 0 Å². The molecule has 0 atom stereocenters. The van der Waals surface area contributed by atoms with Crippen LogP contribution in [0.15, 0.2) is 0 Å². The molecule has 0 bridgehead atoms. The number of rotatable bonds is 15. The van der Waals surface area contributed by atoms with Gasteiger partial charge in [-0.1, -0.05) is 90.4 Å². The van der Waals surface area contributed by atoms with Crippen LogP contribution in [0.2, 0.25) is 0 Å². The standard InChI is InChI=1S/C17H33ClO2/c1-2-3-4-5-6-7-8-9-10-11-12-13-14-15-16-17(19)20-18/h2-16H2,1H3. The van der Waals surface area contributed by atoms with E-state index in [-0.39, 0.29) is 5.97 Å². The number of hydrogen-bond donors (Lipinski definition) is 0. The molecule has 0 saturated carbocycles. The maximum absolute atomic E-state index is 10.8. The highest BCUT2D eigenvalue weighted by molar-refractivity contribution is 6.13. The lowest BCUT2D eigenvalue weighted by Crippen LogP contribution is -1.95. The first kappa shape index (κ1) is 19.8. The fourth-order valence-corrected chi connectivity index (χ4v) is 2.58. The van der Waals surface area contributed by atoms with Gasteiger partial charge in [0.1, 0.15) is 11.9 Å². The van der Waals surface area contributed by atoms with Crippen LogP contribution in [-0.4, -0.2) is 5.97 Å². The number of hydrogen-bond acceptors (Lipinski definition) is 2. The summed E-state index contributed by atoms with van der Waals surface area (Å²) in [5.74, 6) is -0.300. The molecule has 0 aromatic carbocycles. The van der Waals surface area contributed by atoms with Gasteiger partial charge in [0.15, 0.2) is 0 Å². The summed E-state index contributed by atoms with van der Waals surface area (Å²) < 4.78 is 4.10. The summed E-state index contributed by atoms with van der Waals surface area (Å²) >= 11 is 4.96. The third kappa shape index (κ3) is 15.8. The van der Waals surface area contributed by atoms with Gasteiger partial charge in [0.25, 0.3) is 0 Å². The first-order valence-electron chi connectivity index (χ1n) is 8.62. The predicted octanol–water partition coefficient (Wildman–Crippen LogP) is 6.55. The van der Waals surface area contributed by atoms with Crippen LogP contribution >= 0.6 is 11.9 Å². The van der Waals surface area contributed by atoms with E-state index in [4.69, 9.17) is 11.9 Å². The van der Waals surface area contributed by atoms with E-state index in [1.807, 2.05) is 0 Å². The first-order chi connectivity index (χ1) is 9.81. The molecule has 0 heterocycles. The molecule has 0 N–H and O–H groups in total. The van der Waals surface area contributed by atoms with Gasteiger partial charge < -0.3 is 4.29 Å². The summed E-state index contributed by atoms with van der Waals surface area (Å²) in [4.78, 5) is 10.8. The normalized spacial score (nSPS) is 10.7. The second-order valence-corrected chi connectivity index (χ2v) is 5.95. The van der Waals surface area contributed by atoms with Gasteiger partial charge in [-0.05, 0) is 6.42 Å². The van der Waals surface area contributed by atoms with Crippen molar-refractivity contribution in [2.24, 2.45) is 0 Å². The van der Waals surface area contributed by atoms with Crippen LogP contribution < -0.4 is 0 Å². The molecule has 0 spiro atoms. The zero-order valence-corrected chi connectivity index (χ0v) is 14.1. The van der Waals surface area contributed by atoms with Crippen LogP contribution in [0.4, 0.5) is 0 Å². The Hall–Kier alpha value is -0.240. The maximum atomic E-state index is 10.8. The van der Waals surface area contributed by atoms with Crippen molar-refractivity contribution < 1.29 is 9.08 Å². The van der Waals surface area contributed by atoms with Crippen LogP contribution in [0.3, 0.4) is 0 Å². The lowest BCUT2D eigenvalue weighted by atomic mass is 10.0. The van der Waals surface area contributed by atoms with E-state index in [2.05, 4.69) is 11.2 Å². The zero-order valence-electron chi connectivity index (χ0n) is 13.3. The van der Waals surface area contributed by atoms with Gasteiger partial charge >= 0.3 is 5.97 Å². The van der Waals surface area contributed by atoms with Crippen LogP contribution in [-0.2, 0) is 9.08 Å². The van der Waals surface area contributed by atoms with Crippen LogP contribution in [0, 0.1) is 0 Å². The molecule has 0 fully saturated rings. The molecule has 0 aliphatic heterocycles. The highest BCUT2D eigenvalue weighted by atomic mass is 35.5. The summed E-state index contributed by atoms with van der Waals surface area (Å²) in [6, 6.07) is 0. The smallest absolute Gasteiger partial charge is 0.324 e. The monoisotopic (exact) mass is 304 g/mol. The third-order valence-electron chi connectivity index (χ3n) is 3.82. The molecule has 0 saturated heterocycles. The highest BCUT2D eigenvalue weighted by Crippen LogP contribution is 2.13. The number of halogens is 1. The number of unbranched alkanes of at least 4 members (excludes halogenated alkanes) is 13. The summed E-state index contributed by atoms with van der Waals surface area (Å²) in [5.41, 5.74) is 0. The minimum atomic E-state index is -0.300. The maximum Gasteiger partial charge on any atom is 0.324 e. The second kappa shape index (κ2) is 16.8. The van der Waals surface area contributed by atoms with Gasteiger partial charge in [-0.2, -0.15) is 0 Å². The van der Waals surface area contributed by atoms with E-state index >= 15 is 0 Å². The molecular formula is C17H33ClO2. The van der Waals surface area contributed by atoms with Crippen molar-refractivity contribution in [1.82, 2.24) is 0 Å². The van der Waals surface area contributed by atoms with E-state index in [9.17, 15) is 4.79 Å². The SMILES string of the molecule is CCCCCCCCCCCCCCCCC(=O)OCl. The Morgan fingerprint density at radius 2 is 1.05 bits per heavy atom. The fraction of sp³-hybridized carbons (Fsp3) is 0.941. The number of carbonyl (C=O) groups excluding carboxylic acids is 1. The molecular weight excluding hydrogens is 272 g/mol. The molecule has 0 aliphatic carbocycles. The summed E-state index contributed by atoms with van der Waals surface area (Å²) in [7, 11) is 0. The van der Waals surface area contributed by atoms with Crippen molar-refractivity contribution in [1.29, 1.82) is 0 Å². The van der Waals surface area contributed by atoms with Crippen molar-refractivity contribution in [2.45, 2.75) is 103 Å². The molecule has 0 aromatic heterocycles. The van der Waals surface area contributed by atoms with E-state index in [0.29, 0.717) is 6.42 Å². The van der Waals surface area contributed by atoms with Crippen molar-refractivity contribution in [3.8, 4) is 0 Å². The minimum Gasteiger partial charge on any atom is -0.348 e. The quantitative estimate of drug-likeness (QED) is 0.320. The van der Waals surface area contributed by atoms with Crippen molar-refractivity contribution in [3.05, 3.63) is 0 Å². The average molecular weight is 305 g/mol. The lowest BCUT2D eigenvalue weighted by molar-refractivity contribution is -0.134. The molecule has 20 heavy (non-hydrogen) atoms. The van der Waals surface area contributed by atoms with Crippen LogP contribution in [0.5, 0.6) is 0 Å². The molecule has 0 amide bonds. The van der Waals surface area contributed by atoms with Crippen molar-refractivity contribution >= 4 is 17.8 Å². The van der Waals surface area contributed by atoms with Gasteiger partial charge in [-0.3, -0.25) is 4.79 Å². The molecule has 0 radical (unpaired) electrons. The Labute approximate surface area is 130 Å². The Kier molecular flexibility index (Phi) is 16.6. The molecule has 2 nitrogen and oxygen atoms in total. The van der Waals surface area contributed by atoms with Crippen molar-refractivity contribution in [2.75, 3.05) is 0 Å². The summed E-state index contributed by atoms with van der Waals surface area (Å²) in [6.45, 7) is 2.27. The molecule has 0 aromatic rings. The van der Waals surface area contributed by atoms with Gasteiger partial charge in [0.05, 0.1) is 0 Å². The Morgan fingerprint density at radius 1 is 0.700 bits per heavy atom. The van der Waals surface area contributed by atoms with E-state index < -0.39 is 0 Å². The molecule has 0 aliphatic rings. The minimum absolute atomic E-state index is 0.300. The largest absolute Gasteiger partial charge is 0.348 e. The Morgan fingerprint density at radius 3 is 1.40 bits per heavy atom. The van der Waals surface area contributed by atoms with E-state index in [1.165, 1.54) is 77.0 Å². The Bertz CT molecular complexity index is 207. The molecule has 0 unspecified atom stereocenters. The van der Waals surface area contributed by atoms with Crippen LogP contribution in [0.1, 0.15) is 103 Å².